The number of para-hydroxylation sites is 1. The van der Waals surface area contributed by atoms with E-state index in [9.17, 15) is 10.4 Å². The molecule has 5 rings (SSSR count). The molecule has 1 N–H and O–H groups in total. The van der Waals surface area contributed by atoms with Gasteiger partial charge in [0.15, 0.2) is 0 Å². The minimum atomic E-state index is -0.372. The molecule has 0 aliphatic carbocycles. The third-order valence-electron chi connectivity index (χ3n) is 7.30. The Hall–Kier alpha value is -3.86. The monoisotopic (exact) mass is 536 g/mol. The number of likely N-dealkylation sites (tertiary alicyclic amines) is 1. The van der Waals surface area contributed by atoms with Crippen molar-refractivity contribution in [3.63, 3.8) is 0 Å². The highest BCUT2D eigenvalue weighted by atomic mass is 32.2. The highest BCUT2D eigenvalue weighted by Gasteiger charge is 2.36. The van der Waals surface area contributed by atoms with Crippen LogP contribution in [0.15, 0.2) is 89.4 Å². The molecule has 0 saturated carbocycles. The van der Waals surface area contributed by atoms with E-state index in [0.29, 0.717) is 11.8 Å². The first kappa shape index (κ1) is 26.7. The maximum atomic E-state index is 10.3. The molecule has 1 unspecified atom stereocenters. The van der Waals surface area contributed by atoms with Crippen LogP contribution in [-0.2, 0) is 5.41 Å². The maximum absolute atomic E-state index is 10.3. The van der Waals surface area contributed by atoms with E-state index in [1.165, 1.54) is 0 Å². The fourth-order valence-corrected chi connectivity index (χ4v) is 5.99. The number of phenolic OH excluding ortho intramolecular Hbond substituents is 1. The summed E-state index contributed by atoms with van der Waals surface area (Å²) in [6.45, 7) is 4.73. The minimum absolute atomic E-state index is 0.222. The number of phenols is 1. The van der Waals surface area contributed by atoms with Gasteiger partial charge in [-0.3, -0.25) is 4.90 Å². The summed E-state index contributed by atoms with van der Waals surface area (Å²) in [7, 11) is 0. The molecule has 39 heavy (non-hydrogen) atoms. The second-order valence-corrected chi connectivity index (χ2v) is 11.1. The largest absolute Gasteiger partial charge is 0.508 e. The second kappa shape index (κ2) is 12.3. The SMILES string of the molecule is CCSC(c1nnc(-c2ccc(C=CCN3CCC(C#N)(c4ccccc4)CC3)cc2)o1)c1ccccc1O. The number of hydrogen-bond donors (Lipinski definition) is 1. The number of hydrogen-bond acceptors (Lipinski definition) is 7. The van der Waals surface area contributed by atoms with Gasteiger partial charge >= 0.3 is 0 Å². The Kier molecular flexibility index (Phi) is 8.45. The summed E-state index contributed by atoms with van der Waals surface area (Å²) < 4.78 is 6.05. The molecule has 3 aromatic carbocycles. The van der Waals surface area contributed by atoms with Gasteiger partial charge in [0.1, 0.15) is 11.0 Å². The van der Waals surface area contributed by atoms with E-state index in [2.05, 4.69) is 52.4 Å². The molecule has 7 heteroatoms. The molecular formula is C32H32N4O2S. The quantitative estimate of drug-likeness (QED) is 0.250. The topological polar surface area (TPSA) is 86.2 Å². The zero-order valence-corrected chi connectivity index (χ0v) is 22.8. The van der Waals surface area contributed by atoms with Gasteiger partial charge in [0.05, 0.1) is 11.5 Å². The average Bonchev–Trinajstić information content (AvgIpc) is 3.48. The van der Waals surface area contributed by atoms with Crippen molar-refractivity contribution in [1.29, 1.82) is 5.26 Å². The van der Waals surface area contributed by atoms with Crippen molar-refractivity contribution in [3.05, 3.63) is 108 Å². The van der Waals surface area contributed by atoms with Crippen LogP contribution in [0.1, 0.15) is 47.6 Å². The Labute approximate surface area is 234 Å². The summed E-state index contributed by atoms with van der Waals surface area (Å²) >= 11 is 1.64. The molecule has 1 aliphatic rings. The van der Waals surface area contributed by atoms with Crippen molar-refractivity contribution in [2.75, 3.05) is 25.4 Å². The van der Waals surface area contributed by atoms with E-state index in [1.54, 1.807) is 23.9 Å². The first-order chi connectivity index (χ1) is 19.1. The van der Waals surface area contributed by atoms with Gasteiger partial charge < -0.3 is 9.52 Å². The van der Waals surface area contributed by atoms with Gasteiger partial charge in [0.25, 0.3) is 0 Å². The molecule has 1 aliphatic heterocycles. The number of benzene rings is 3. The number of nitriles is 1. The van der Waals surface area contributed by atoms with Gasteiger partial charge in [0, 0.05) is 30.8 Å². The Morgan fingerprint density at radius 1 is 1.03 bits per heavy atom. The Balaban J connectivity index is 1.19. The summed E-state index contributed by atoms with van der Waals surface area (Å²) in [6.07, 6.45) is 6.01. The fourth-order valence-electron chi connectivity index (χ4n) is 5.04. The average molecular weight is 537 g/mol. The molecular weight excluding hydrogens is 504 g/mol. The van der Waals surface area contributed by atoms with Crippen LogP contribution in [-0.4, -0.2) is 45.6 Å². The molecule has 198 valence electrons. The third-order valence-corrected chi connectivity index (χ3v) is 8.42. The minimum Gasteiger partial charge on any atom is -0.508 e. The van der Waals surface area contributed by atoms with Crippen molar-refractivity contribution in [1.82, 2.24) is 15.1 Å². The van der Waals surface area contributed by atoms with Crippen LogP contribution < -0.4 is 0 Å². The standard InChI is InChI=1S/C32H32N4O2S/c1-2-39-29(27-12-6-7-13-28(27)37)31-35-34-30(38-31)25-16-14-24(15-17-25)9-8-20-36-21-18-32(23-33,19-22-36)26-10-4-3-5-11-26/h3-17,29,37H,2,18-22H2,1H3. The van der Waals surface area contributed by atoms with E-state index in [1.807, 2.05) is 54.6 Å². The van der Waals surface area contributed by atoms with E-state index in [0.717, 1.165) is 60.5 Å². The molecule has 1 aromatic heterocycles. The summed E-state index contributed by atoms with van der Waals surface area (Å²) in [5.41, 5.74) is 3.48. The lowest BCUT2D eigenvalue weighted by molar-refractivity contribution is 0.203. The van der Waals surface area contributed by atoms with Crippen LogP contribution in [0.4, 0.5) is 0 Å². The number of nitrogens with zero attached hydrogens (tertiary/aromatic N) is 4. The Morgan fingerprint density at radius 2 is 1.74 bits per heavy atom. The lowest BCUT2D eigenvalue weighted by Gasteiger charge is -2.37. The molecule has 0 bridgehead atoms. The van der Waals surface area contributed by atoms with Gasteiger partial charge in [-0.2, -0.15) is 5.26 Å². The summed E-state index contributed by atoms with van der Waals surface area (Å²) in [6, 6.07) is 28.1. The van der Waals surface area contributed by atoms with Gasteiger partial charge in [-0.15, -0.1) is 22.0 Å². The maximum Gasteiger partial charge on any atom is 0.247 e. The molecule has 4 aromatic rings. The van der Waals surface area contributed by atoms with Crippen molar-refractivity contribution in [3.8, 4) is 23.3 Å². The molecule has 0 spiro atoms. The number of thioether (sulfide) groups is 1. The van der Waals surface area contributed by atoms with Crippen LogP contribution in [0.3, 0.4) is 0 Å². The van der Waals surface area contributed by atoms with Crippen molar-refractivity contribution >= 4 is 17.8 Å². The van der Waals surface area contributed by atoms with E-state index >= 15 is 0 Å². The van der Waals surface area contributed by atoms with Gasteiger partial charge in [-0.05, 0) is 47.9 Å². The molecule has 6 nitrogen and oxygen atoms in total. The Morgan fingerprint density at radius 3 is 2.44 bits per heavy atom. The number of aromatic hydroxyl groups is 1. The van der Waals surface area contributed by atoms with Crippen LogP contribution in [0.2, 0.25) is 0 Å². The molecule has 1 atom stereocenters. The zero-order valence-electron chi connectivity index (χ0n) is 22.0. The summed E-state index contributed by atoms with van der Waals surface area (Å²) in [5.74, 6) is 2.02. The lowest BCUT2D eigenvalue weighted by Crippen LogP contribution is -2.41. The summed E-state index contributed by atoms with van der Waals surface area (Å²) in [4.78, 5) is 2.40. The Bertz CT molecular complexity index is 1440. The highest BCUT2D eigenvalue weighted by molar-refractivity contribution is 7.99. The number of piperidine rings is 1. The second-order valence-electron chi connectivity index (χ2n) is 9.72. The van der Waals surface area contributed by atoms with E-state index in [-0.39, 0.29) is 16.4 Å². The van der Waals surface area contributed by atoms with Crippen LogP contribution in [0, 0.1) is 11.3 Å². The molecule has 0 radical (unpaired) electrons. The molecule has 0 amide bonds. The molecule has 1 fully saturated rings. The number of aromatic nitrogens is 2. The van der Waals surface area contributed by atoms with Crippen LogP contribution >= 0.6 is 11.8 Å². The van der Waals surface area contributed by atoms with Gasteiger partial charge in [-0.1, -0.05) is 79.7 Å². The van der Waals surface area contributed by atoms with Gasteiger partial charge in [-0.25, -0.2) is 0 Å². The first-order valence-electron chi connectivity index (χ1n) is 13.3. The van der Waals surface area contributed by atoms with Crippen molar-refractivity contribution in [2.45, 2.75) is 30.4 Å². The number of rotatable bonds is 9. The van der Waals surface area contributed by atoms with Crippen LogP contribution in [0.5, 0.6) is 5.75 Å². The van der Waals surface area contributed by atoms with Crippen molar-refractivity contribution in [2.24, 2.45) is 0 Å². The van der Waals surface area contributed by atoms with Gasteiger partial charge in [0.2, 0.25) is 11.8 Å². The first-order valence-corrected chi connectivity index (χ1v) is 14.4. The predicted octanol–water partition coefficient (Wildman–Crippen LogP) is 6.86. The normalized spacial score (nSPS) is 16.2. The highest BCUT2D eigenvalue weighted by Crippen LogP contribution is 2.40. The van der Waals surface area contributed by atoms with Crippen LogP contribution in [0.25, 0.3) is 17.5 Å². The fraction of sp³-hybridized carbons (Fsp3) is 0.281. The zero-order chi connectivity index (χ0) is 27.1. The lowest BCUT2D eigenvalue weighted by atomic mass is 9.74. The summed E-state index contributed by atoms with van der Waals surface area (Å²) in [5, 5.41) is 28.6. The smallest absolute Gasteiger partial charge is 0.247 e. The third kappa shape index (κ3) is 6.08. The van der Waals surface area contributed by atoms with E-state index in [4.69, 9.17) is 4.42 Å². The predicted molar refractivity (Wildman–Crippen MR) is 156 cm³/mol. The molecule has 1 saturated heterocycles. The van der Waals surface area contributed by atoms with Crippen molar-refractivity contribution < 1.29 is 9.52 Å². The molecule has 2 heterocycles. The van der Waals surface area contributed by atoms with E-state index < -0.39 is 0 Å².